The third-order valence-corrected chi connectivity index (χ3v) is 5.04. The van der Waals surface area contributed by atoms with Gasteiger partial charge in [0.2, 0.25) is 0 Å². The zero-order valence-electron chi connectivity index (χ0n) is 18.2. The Hall–Kier alpha value is -1.14. The third-order valence-electron chi connectivity index (χ3n) is 5.04. The van der Waals surface area contributed by atoms with Crippen LogP contribution in [-0.2, 0) is 28.5 Å². The average Bonchev–Trinajstić information content (AvgIpc) is 2.62. The summed E-state index contributed by atoms with van der Waals surface area (Å²) in [5.74, 6) is -0.813. The zero-order valence-corrected chi connectivity index (χ0v) is 18.2. The summed E-state index contributed by atoms with van der Waals surface area (Å²) in [6, 6.07) is 0. The maximum absolute atomic E-state index is 11.4. The van der Waals surface area contributed by atoms with E-state index >= 15 is 0 Å². The summed E-state index contributed by atoms with van der Waals surface area (Å²) in [5, 5.41) is 0. The summed E-state index contributed by atoms with van der Waals surface area (Å²) in [5.41, 5.74) is 0. The molecule has 164 valence electrons. The maximum Gasteiger partial charge on any atom is 0.303 e. The first kappa shape index (κ1) is 24.9. The van der Waals surface area contributed by atoms with E-state index in [-0.39, 0.29) is 6.10 Å². The minimum Gasteiger partial charge on any atom is -0.458 e. The van der Waals surface area contributed by atoms with Gasteiger partial charge in [0, 0.05) is 26.9 Å². The van der Waals surface area contributed by atoms with Crippen LogP contribution in [0.25, 0.3) is 0 Å². The van der Waals surface area contributed by atoms with Crippen LogP contribution in [0.4, 0.5) is 0 Å². The van der Waals surface area contributed by atoms with E-state index in [1.807, 2.05) is 0 Å². The van der Waals surface area contributed by atoms with E-state index in [0.29, 0.717) is 13.0 Å². The number of carbonyl (C=O) groups is 2. The van der Waals surface area contributed by atoms with Crippen LogP contribution in [0.2, 0.25) is 0 Å². The molecule has 1 fully saturated rings. The van der Waals surface area contributed by atoms with Gasteiger partial charge >= 0.3 is 11.9 Å². The van der Waals surface area contributed by atoms with E-state index in [4.69, 9.17) is 18.9 Å². The van der Waals surface area contributed by atoms with Gasteiger partial charge in [-0.1, -0.05) is 64.7 Å². The van der Waals surface area contributed by atoms with Crippen molar-refractivity contribution in [3.63, 3.8) is 0 Å². The number of rotatable bonds is 14. The van der Waals surface area contributed by atoms with Crippen molar-refractivity contribution in [2.45, 2.75) is 123 Å². The number of hydrogen-bond acceptors (Lipinski definition) is 6. The standard InChI is InChI=1S/C22H40O6/c1-5-6-7-8-9-10-11-12-13-14-15-25-21-16-20(27-18(3)23)22(17(2)26-21)28-19(4)24/h17,20-22H,5-16H2,1-4H3/t17-,20-,21-,22-/m0/s1. The smallest absolute Gasteiger partial charge is 0.303 e. The highest BCUT2D eigenvalue weighted by Crippen LogP contribution is 2.26. The Morgan fingerprint density at radius 3 is 1.93 bits per heavy atom. The van der Waals surface area contributed by atoms with Crippen molar-refractivity contribution >= 4 is 11.9 Å². The number of esters is 2. The lowest BCUT2D eigenvalue weighted by Crippen LogP contribution is -2.51. The van der Waals surface area contributed by atoms with Gasteiger partial charge in [-0.05, 0) is 13.3 Å². The van der Waals surface area contributed by atoms with Crippen molar-refractivity contribution in [1.29, 1.82) is 0 Å². The van der Waals surface area contributed by atoms with Gasteiger partial charge < -0.3 is 18.9 Å². The summed E-state index contributed by atoms with van der Waals surface area (Å²) >= 11 is 0. The lowest BCUT2D eigenvalue weighted by Gasteiger charge is -2.38. The fraction of sp³-hybridized carbons (Fsp3) is 0.909. The second kappa shape index (κ2) is 14.8. The van der Waals surface area contributed by atoms with Gasteiger partial charge in [-0.2, -0.15) is 0 Å². The van der Waals surface area contributed by atoms with Crippen LogP contribution >= 0.6 is 0 Å². The largest absolute Gasteiger partial charge is 0.458 e. The maximum atomic E-state index is 11.4. The molecule has 1 aliphatic heterocycles. The average molecular weight is 401 g/mol. The molecule has 0 unspecified atom stereocenters. The van der Waals surface area contributed by atoms with Gasteiger partial charge in [-0.15, -0.1) is 0 Å². The van der Waals surface area contributed by atoms with Crippen LogP contribution in [-0.4, -0.2) is 43.1 Å². The van der Waals surface area contributed by atoms with E-state index in [1.165, 1.54) is 65.2 Å². The Morgan fingerprint density at radius 1 is 0.857 bits per heavy atom. The highest BCUT2D eigenvalue weighted by molar-refractivity contribution is 5.67. The summed E-state index contributed by atoms with van der Waals surface area (Å²) in [4.78, 5) is 22.7. The van der Waals surface area contributed by atoms with Gasteiger partial charge in [0.15, 0.2) is 12.4 Å². The summed E-state index contributed by atoms with van der Waals surface area (Å²) < 4.78 is 22.3. The Kier molecular flexibility index (Phi) is 13.2. The Labute approximate surface area is 170 Å². The molecule has 0 aliphatic carbocycles. The van der Waals surface area contributed by atoms with E-state index in [2.05, 4.69) is 6.92 Å². The van der Waals surface area contributed by atoms with Gasteiger partial charge in [0.05, 0.1) is 6.10 Å². The summed E-state index contributed by atoms with van der Waals surface area (Å²) in [6.07, 6.45) is 11.2. The zero-order chi connectivity index (χ0) is 20.8. The summed E-state index contributed by atoms with van der Waals surface area (Å²) in [7, 11) is 0. The molecule has 0 radical (unpaired) electrons. The molecule has 0 aromatic rings. The van der Waals surface area contributed by atoms with E-state index < -0.39 is 30.4 Å². The van der Waals surface area contributed by atoms with Crippen molar-refractivity contribution in [3.8, 4) is 0 Å². The molecule has 28 heavy (non-hydrogen) atoms. The van der Waals surface area contributed by atoms with E-state index in [9.17, 15) is 9.59 Å². The van der Waals surface area contributed by atoms with Crippen LogP contribution in [0.1, 0.15) is 98.3 Å². The van der Waals surface area contributed by atoms with Gasteiger partial charge in [0.25, 0.3) is 0 Å². The van der Waals surface area contributed by atoms with Crippen LogP contribution in [0.5, 0.6) is 0 Å². The van der Waals surface area contributed by atoms with Crippen LogP contribution in [0, 0.1) is 0 Å². The molecule has 1 aliphatic rings. The monoisotopic (exact) mass is 400 g/mol. The Morgan fingerprint density at radius 2 is 1.39 bits per heavy atom. The first-order valence-corrected chi connectivity index (χ1v) is 11.1. The lowest BCUT2D eigenvalue weighted by molar-refractivity contribution is -0.255. The Bertz CT molecular complexity index is 439. The number of carbonyl (C=O) groups excluding carboxylic acids is 2. The molecule has 0 aromatic heterocycles. The fourth-order valence-corrected chi connectivity index (χ4v) is 3.60. The number of unbranched alkanes of at least 4 members (excludes halogenated alkanes) is 9. The highest BCUT2D eigenvalue weighted by atomic mass is 16.7. The molecule has 0 aromatic carbocycles. The molecular weight excluding hydrogens is 360 g/mol. The SMILES string of the molecule is CCCCCCCCCCCCO[C@@H]1C[C@H](OC(C)=O)[C@@H](OC(C)=O)[C@H](C)O1. The molecule has 0 spiro atoms. The minimum absolute atomic E-state index is 0.375. The second-order valence-corrected chi connectivity index (χ2v) is 7.78. The molecule has 6 nitrogen and oxygen atoms in total. The van der Waals surface area contributed by atoms with Gasteiger partial charge in [0.1, 0.15) is 6.10 Å². The van der Waals surface area contributed by atoms with E-state index in [0.717, 1.165) is 12.8 Å². The molecule has 0 bridgehead atoms. The molecule has 6 heteroatoms. The topological polar surface area (TPSA) is 71.1 Å². The quantitative estimate of drug-likeness (QED) is 0.304. The second-order valence-electron chi connectivity index (χ2n) is 7.78. The molecular formula is C22H40O6. The summed E-state index contributed by atoms with van der Waals surface area (Å²) in [6.45, 7) is 7.37. The van der Waals surface area contributed by atoms with E-state index in [1.54, 1.807) is 6.92 Å². The number of ether oxygens (including phenoxy) is 4. The molecule has 0 amide bonds. The van der Waals surface area contributed by atoms with Crippen molar-refractivity contribution in [1.82, 2.24) is 0 Å². The first-order valence-electron chi connectivity index (χ1n) is 11.1. The molecule has 0 N–H and O–H groups in total. The first-order chi connectivity index (χ1) is 13.4. The predicted molar refractivity (Wildman–Crippen MR) is 108 cm³/mol. The van der Waals surface area contributed by atoms with Gasteiger partial charge in [-0.3, -0.25) is 9.59 Å². The Balaban J connectivity index is 2.19. The molecule has 1 rings (SSSR count). The van der Waals surface area contributed by atoms with Crippen LogP contribution < -0.4 is 0 Å². The molecule has 1 saturated heterocycles. The third kappa shape index (κ3) is 11.0. The van der Waals surface area contributed by atoms with Gasteiger partial charge in [-0.25, -0.2) is 0 Å². The van der Waals surface area contributed by atoms with Crippen LogP contribution in [0.3, 0.4) is 0 Å². The van der Waals surface area contributed by atoms with Crippen molar-refractivity contribution in [2.24, 2.45) is 0 Å². The van der Waals surface area contributed by atoms with Crippen molar-refractivity contribution in [2.75, 3.05) is 6.61 Å². The predicted octanol–water partition coefficient (Wildman–Crippen LogP) is 4.92. The highest BCUT2D eigenvalue weighted by Gasteiger charge is 2.41. The lowest BCUT2D eigenvalue weighted by atomic mass is 10.0. The van der Waals surface area contributed by atoms with Crippen molar-refractivity contribution < 1.29 is 28.5 Å². The number of hydrogen-bond donors (Lipinski definition) is 0. The molecule has 4 atom stereocenters. The molecule has 1 heterocycles. The molecule has 0 saturated carbocycles. The normalized spacial score (nSPS) is 24.7. The van der Waals surface area contributed by atoms with Crippen LogP contribution in [0.15, 0.2) is 0 Å². The fourth-order valence-electron chi connectivity index (χ4n) is 3.60. The van der Waals surface area contributed by atoms with Crippen molar-refractivity contribution in [3.05, 3.63) is 0 Å². The minimum atomic E-state index is -0.599.